The second kappa shape index (κ2) is 3.22. The third-order valence-corrected chi connectivity index (χ3v) is 5.39. The van der Waals surface area contributed by atoms with E-state index in [1.165, 1.54) is 24.7 Å². The van der Waals surface area contributed by atoms with Gasteiger partial charge in [0.05, 0.1) is 12.7 Å². The van der Waals surface area contributed by atoms with Gasteiger partial charge in [-0.3, -0.25) is 9.48 Å². The summed E-state index contributed by atoms with van der Waals surface area (Å²) >= 11 is 0. The van der Waals surface area contributed by atoms with Gasteiger partial charge in [-0.05, 0) is 13.8 Å². The fourth-order valence-corrected chi connectivity index (χ4v) is 3.19. The monoisotopic (exact) mass is 258 g/mol. The van der Waals surface area contributed by atoms with Gasteiger partial charge in [-0.1, -0.05) is 0 Å². The van der Waals surface area contributed by atoms with E-state index in [2.05, 4.69) is 5.10 Å². The highest BCUT2D eigenvalue weighted by Crippen LogP contribution is 2.36. The topological polar surface area (TPSA) is 98.3 Å². The van der Waals surface area contributed by atoms with Crippen LogP contribution in [0.2, 0.25) is 0 Å². The van der Waals surface area contributed by atoms with Gasteiger partial charge in [-0.15, -0.1) is 0 Å². The number of aromatic nitrogens is 2. The number of nitrogens with zero attached hydrogens (tertiary/aromatic N) is 3. The molecule has 0 bridgehead atoms. The molecule has 0 radical (unpaired) electrons. The summed E-state index contributed by atoms with van der Waals surface area (Å²) in [4.78, 5) is 11.7. The van der Waals surface area contributed by atoms with Crippen molar-refractivity contribution in [3.8, 4) is 0 Å². The van der Waals surface area contributed by atoms with Crippen LogP contribution in [-0.4, -0.2) is 33.2 Å². The van der Waals surface area contributed by atoms with Crippen molar-refractivity contribution in [3.63, 3.8) is 0 Å². The van der Waals surface area contributed by atoms with E-state index in [0.29, 0.717) is 11.4 Å². The molecule has 1 aliphatic rings. The van der Waals surface area contributed by atoms with E-state index in [4.69, 9.17) is 5.73 Å². The van der Waals surface area contributed by atoms with Crippen LogP contribution in [0, 0.1) is 0 Å². The maximum Gasteiger partial charge on any atom is 0.259 e. The van der Waals surface area contributed by atoms with E-state index in [1.54, 1.807) is 7.05 Å². The normalized spacial score (nSPS) is 21.4. The number of carbonyl (C=O) groups excluding carboxylic acids is 1. The summed E-state index contributed by atoms with van der Waals surface area (Å²) in [5, 5.41) is 3.90. The molecule has 2 rings (SSSR count). The molecule has 0 atom stereocenters. The molecule has 0 spiro atoms. The number of sulfonamides is 1. The molecule has 17 heavy (non-hydrogen) atoms. The Morgan fingerprint density at radius 1 is 1.47 bits per heavy atom. The fourth-order valence-electron chi connectivity index (χ4n) is 1.68. The number of amides is 1. The Kier molecular flexibility index (Phi) is 2.25. The number of nitrogen functional groups attached to an aromatic ring is 1. The van der Waals surface area contributed by atoms with E-state index >= 15 is 0 Å². The van der Waals surface area contributed by atoms with Crippen molar-refractivity contribution < 1.29 is 13.2 Å². The van der Waals surface area contributed by atoms with E-state index < -0.39 is 20.7 Å². The lowest BCUT2D eigenvalue weighted by Gasteiger charge is -2.42. The lowest BCUT2D eigenvalue weighted by atomic mass is 10.2. The van der Waals surface area contributed by atoms with E-state index in [1.807, 2.05) is 0 Å². The van der Waals surface area contributed by atoms with Gasteiger partial charge < -0.3 is 5.73 Å². The summed E-state index contributed by atoms with van der Waals surface area (Å²) in [7, 11) is -1.92. The van der Waals surface area contributed by atoms with Gasteiger partial charge >= 0.3 is 0 Å². The van der Waals surface area contributed by atoms with Crippen LogP contribution < -0.4 is 5.73 Å². The van der Waals surface area contributed by atoms with Crippen molar-refractivity contribution in [1.29, 1.82) is 0 Å². The second-order valence-electron chi connectivity index (χ2n) is 4.51. The van der Waals surface area contributed by atoms with Gasteiger partial charge in [0.25, 0.3) is 15.9 Å². The molecule has 1 fully saturated rings. The standard InChI is InChI=1S/C9H14N4O3S/c1-9(2)8(14)13(17(9,15)16)5-6-4-11-12(3)7(6)10/h4H,5,10H2,1-3H3. The number of aryl methyl sites for hydroxylation is 1. The first-order valence-corrected chi connectivity index (χ1v) is 6.46. The SMILES string of the molecule is Cn1ncc(CN2C(=O)C(C)(C)S2(=O)=O)c1N. The Hall–Kier alpha value is -1.57. The highest BCUT2D eigenvalue weighted by Gasteiger charge is 2.60. The molecule has 2 N–H and O–H groups in total. The Labute approximate surface area is 99.2 Å². The maximum absolute atomic E-state index is 11.8. The summed E-state index contributed by atoms with van der Waals surface area (Å²) in [6.45, 7) is 2.74. The smallest absolute Gasteiger partial charge is 0.259 e. The summed E-state index contributed by atoms with van der Waals surface area (Å²) in [6, 6.07) is 0. The average molecular weight is 258 g/mol. The molecule has 8 heteroatoms. The van der Waals surface area contributed by atoms with Crippen molar-refractivity contribution in [2.24, 2.45) is 7.05 Å². The Bertz CT molecular complexity index is 587. The molecule has 0 saturated carbocycles. The number of anilines is 1. The minimum absolute atomic E-state index is 0.0513. The highest BCUT2D eigenvalue weighted by atomic mass is 32.2. The summed E-state index contributed by atoms with van der Waals surface area (Å²) in [6.07, 6.45) is 1.46. The molecule has 1 aromatic heterocycles. The summed E-state index contributed by atoms with van der Waals surface area (Å²) in [5.74, 6) is -0.0570. The zero-order valence-corrected chi connectivity index (χ0v) is 10.7. The van der Waals surface area contributed by atoms with Crippen LogP contribution in [0.15, 0.2) is 6.20 Å². The minimum atomic E-state index is -3.56. The van der Waals surface area contributed by atoms with Crippen LogP contribution in [-0.2, 0) is 28.4 Å². The first-order chi connectivity index (χ1) is 7.69. The minimum Gasteiger partial charge on any atom is -0.384 e. The molecule has 0 unspecified atom stereocenters. The van der Waals surface area contributed by atoms with Crippen LogP contribution in [0.3, 0.4) is 0 Å². The first kappa shape index (κ1) is 11.9. The second-order valence-corrected chi connectivity index (χ2v) is 6.92. The molecule has 94 valence electrons. The van der Waals surface area contributed by atoms with E-state index in [9.17, 15) is 13.2 Å². The molecule has 0 aliphatic carbocycles. The molecule has 1 amide bonds. The third kappa shape index (κ3) is 1.36. The van der Waals surface area contributed by atoms with Crippen molar-refractivity contribution in [2.45, 2.75) is 25.1 Å². The first-order valence-electron chi connectivity index (χ1n) is 5.02. The van der Waals surface area contributed by atoms with Gasteiger partial charge in [-0.2, -0.15) is 5.10 Å². The van der Waals surface area contributed by atoms with Gasteiger partial charge in [0.15, 0.2) is 4.75 Å². The quantitative estimate of drug-likeness (QED) is 0.767. The number of rotatable bonds is 2. The van der Waals surface area contributed by atoms with Gasteiger partial charge in [0.2, 0.25) is 0 Å². The zero-order chi connectivity index (χ0) is 13.0. The predicted molar refractivity (Wildman–Crippen MR) is 61.2 cm³/mol. The van der Waals surface area contributed by atoms with Crippen LogP contribution >= 0.6 is 0 Å². The van der Waals surface area contributed by atoms with Crippen molar-refractivity contribution in [3.05, 3.63) is 11.8 Å². The number of carbonyl (C=O) groups is 1. The van der Waals surface area contributed by atoms with Gasteiger partial charge in [-0.25, -0.2) is 12.7 Å². The Balaban J connectivity index is 2.29. The summed E-state index contributed by atoms with van der Waals surface area (Å²) in [5.41, 5.74) is 6.23. The van der Waals surface area contributed by atoms with Crippen LogP contribution in [0.4, 0.5) is 5.82 Å². The van der Waals surface area contributed by atoms with Crippen LogP contribution in [0.5, 0.6) is 0 Å². The fraction of sp³-hybridized carbons (Fsp3) is 0.556. The highest BCUT2D eigenvalue weighted by molar-refractivity contribution is 7.94. The Morgan fingerprint density at radius 2 is 2.06 bits per heavy atom. The number of nitrogens with two attached hydrogens (primary N) is 1. The molecular weight excluding hydrogens is 244 g/mol. The lowest BCUT2D eigenvalue weighted by molar-refractivity contribution is -0.132. The molecule has 2 heterocycles. The molecule has 1 aromatic rings. The van der Waals surface area contributed by atoms with E-state index in [0.717, 1.165) is 4.31 Å². The molecule has 7 nitrogen and oxygen atoms in total. The third-order valence-electron chi connectivity index (χ3n) is 3.05. The molecule has 1 aliphatic heterocycles. The summed E-state index contributed by atoms with van der Waals surface area (Å²) < 4.78 is 24.6. The number of hydrogen-bond acceptors (Lipinski definition) is 5. The maximum atomic E-state index is 11.8. The molecule has 0 aromatic carbocycles. The van der Waals surface area contributed by atoms with Crippen LogP contribution in [0.25, 0.3) is 0 Å². The van der Waals surface area contributed by atoms with Crippen molar-refractivity contribution in [1.82, 2.24) is 14.1 Å². The van der Waals surface area contributed by atoms with Crippen LogP contribution in [0.1, 0.15) is 19.4 Å². The van der Waals surface area contributed by atoms with Gasteiger partial charge in [0, 0.05) is 12.6 Å². The van der Waals surface area contributed by atoms with Crippen molar-refractivity contribution >= 4 is 21.7 Å². The van der Waals surface area contributed by atoms with Crippen molar-refractivity contribution in [2.75, 3.05) is 5.73 Å². The van der Waals surface area contributed by atoms with E-state index in [-0.39, 0.29) is 6.54 Å². The predicted octanol–water partition coefficient (Wildman–Crippen LogP) is -0.547. The average Bonchev–Trinajstić information content (AvgIpc) is 2.55. The number of hydrogen-bond donors (Lipinski definition) is 1. The Morgan fingerprint density at radius 3 is 2.47 bits per heavy atom. The largest absolute Gasteiger partial charge is 0.384 e. The molecule has 1 saturated heterocycles. The zero-order valence-electron chi connectivity index (χ0n) is 9.84. The van der Waals surface area contributed by atoms with Gasteiger partial charge in [0.1, 0.15) is 5.82 Å². The molecular formula is C9H14N4O3S. The lowest BCUT2D eigenvalue weighted by Crippen LogP contribution is -2.66.